The molecule has 1 aromatic carbocycles. The first-order valence-corrected chi connectivity index (χ1v) is 9.47. The van der Waals surface area contributed by atoms with E-state index in [4.69, 9.17) is 0 Å². The van der Waals surface area contributed by atoms with E-state index in [9.17, 15) is 9.59 Å². The van der Waals surface area contributed by atoms with Gasteiger partial charge in [0.05, 0.1) is 0 Å². The molecule has 7 heteroatoms. The Kier molecular flexibility index (Phi) is 6.64. The van der Waals surface area contributed by atoms with Gasteiger partial charge in [-0.1, -0.05) is 18.7 Å². The number of hydrogen-bond acceptors (Lipinski definition) is 4. The summed E-state index contributed by atoms with van der Waals surface area (Å²) in [6, 6.07) is 6.72. The molecule has 0 bridgehead atoms. The van der Waals surface area contributed by atoms with Crippen molar-refractivity contribution in [1.82, 2.24) is 20.2 Å². The third-order valence-electron chi connectivity index (χ3n) is 3.94. The van der Waals surface area contributed by atoms with Crippen molar-refractivity contribution in [3.05, 3.63) is 42.2 Å². The molecule has 6 nitrogen and oxygen atoms in total. The zero-order chi connectivity index (χ0) is 18.4. The summed E-state index contributed by atoms with van der Waals surface area (Å²) < 4.78 is 1.95. The second-order valence-corrected chi connectivity index (χ2v) is 6.62. The number of rotatable bonds is 7. The van der Waals surface area contributed by atoms with Crippen LogP contribution in [0.1, 0.15) is 37.6 Å². The maximum Gasteiger partial charge on any atom is 0.251 e. The largest absolute Gasteiger partial charge is 0.352 e. The van der Waals surface area contributed by atoms with Crippen LogP contribution < -0.4 is 10.6 Å². The number of nitrogens with zero attached hydrogens (tertiary/aromatic N) is 2. The van der Waals surface area contributed by atoms with Crippen LogP contribution in [0.5, 0.6) is 0 Å². The normalized spacial score (nSPS) is 13.1. The van der Waals surface area contributed by atoms with Crippen LogP contribution in [0.15, 0.2) is 41.8 Å². The lowest BCUT2D eigenvalue weighted by Gasteiger charge is -2.17. The smallest absolute Gasteiger partial charge is 0.251 e. The maximum atomic E-state index is 12.3. The summed E-state index contributed by atoms with van der Waals surface area (Å²) in [4.78, 5) is 28.6. The molecule has 2 unspecified atom stereocenters. The molecule has 2 atom stereocenters. The van der Waals surface area contributed by atoms with E-state index in [1.54, 1.807) is 37.0 Å². The highest BCUT2D eigenvalue weighted by Crippen LogP contribution is 2.18. The number of imidazole rings is 1. The first-order valence-electron chi connectivity index (χ1n) is 8.25. The summed E-state index contributed by atoms with van der Waals surface area (Å²) in [7, 11) is 0. The second kappa shape index (κ2) is 8.71. The molecule has 2 aromatic rings. The number of amides is 2. The van der Waals surface area contributed by atoms with Crippen molar-refractivity contribution in [1.29, 1.82) is 0 Å². The van der Waals surface area contributed by atoms with Crippen molar-refractivity contribution in [2.45, 2.75) is 44.4 Å². The number of carbonyl (C=O) groups excluding carboxylic acids is 2. The van der Waals surface area contributed by atoms with Gasteiger partial charge in [0.2, 0.25) is 5.91 Å². The Morgan fingerprint density at radius 3 is 2.48 bits per heavy atom. The predicted molar refractivity (Wildman–Crippen MR) is 100 cm³/mol. The fourth-order valence-corrected chi connectivity index (χ4v) is 2.76. The third-order valence-corrected chi connectivity index (χ3v) is 4.61. The minimum absolute atomic E-state index is 0.0898. The van der Waals surface area contributed by atoms with E-state index in [1.165, 1.54) is 0 Å². The molecule has 0 aliphatic carbocycles. The van der Waals surface area contributed by atoms with E-state index in [-0.39, 0.29) is 17.9 Å². The minimum atomic E-state index is -0.585. The van der Waals surface area contributed by atoms with Gasteiger partial charge in [0.25, 0.3) is 5.91 Å². The van der Waals surface area contributed by atoms with Gasteiger partial charge >= 0.3 is 0 Å². The van der Waals surface area contributed by atoms with Gasteiger partial charge in [0.15, 0.2) is 5.16 Å². The first kappa shape index (κ1) is 19.1. The van der Waals surface area contributed by atoms with Crippen molar-refractivity contribution in [2.24, 2.45) is 0 Å². The van der Waals surface area contributed by atoms with Gasteiger partial charge in [-0.05, 0) is 50.8 Å². The summed E-state index contributed by atoms with van der Waals surface area (Å²) in [5.41, 5.74) is 1.44. The fourth-order valence-electron chi connectivity index (χ4n) is 2.23. The van der Waals surface area contributed by atoms with E-state index in [0.29, 0.717) is 5.56 Å². The monoisotopic (exact) mass is 360 g/mol. The Morgan fingerprint density at radius 2 is 1.88 bits per heavy atom. The van der Waals surface area contributed by atoms with E-state index in [0.717, 1.165) is 17.3 Å². The molecule has 0 aliphatic rings. The molecule has 0 saturated carbocycles. The molecular formula is C18H24N4O2S. The quantitative estimate of drug-likeness (QED) is 0.744. The van der Waals surface area contributed by atoms with Crippen molar-refractivity contribution < 1.29 is 9.59 Å². The van der Waals surface area contributed by atoms with Crippen molar-refractivity contribution >= 4 is 23.6 Å². The molecule has 2 N–H and O–H groups in total. The van der Waals surface area contributed by atoms with Crippen LogP contribution in [0, 0.1) is 0 Å². The van der Waals surface area contributed by atoms with E-state index in [2.05, 4.69) is 15.6 Å². The number of thioether (sulfide) groups is 1. The lowest BCUT2D eigenvalue weighted by Crippen LogP contribution is -2.47. The van der Waals surface area contributed by atoms with Crippen molar-refractivity contribution in [3.63, 3.8) is 0 Å². The van der Waals surface area contributed by atoms with E-state index in [1.807, 2.05) is 43.0 Å². The third kappa shape index (κ3) is 4.85. The summed E-state index contributed by atoms with van der Waals surface area (Å²) in [5, 5.41) is 6.47. The van der Waals surface area contributed by atoms with Crippen LogP contribution in [0.2, 0.25) is 0 Å². The average molecular weight is 360 g/mol. The Hall–Kier alpha value is -2.28. The van der Waals surface area contributed by atoms with Gasteiger partial charge in [-0.15, -0.1) is 0 Å². The topological polar surface area (TPSA) is 76.0 Å². The molecular weight excluding hydrogens is 336 g/mol. The number of hydrogen-bond donors (Lipinski definition) is 2. The van der Waals surface area contributed by atoms with Crippen LogP contribution in [-0.4, -0.2) is 39.7 Å². The molecule has 1 aromatic heterocycles. The maximum absolute atomic E-state index is 12.3. The van der Waals surface area contributed by atoms with Crippen LogP contribution in [0.25, 0.3) is 5.69 Å². The standard InChI is InChI=1S/C18H24N4O2S/c1-5-12(2)20-16(23)13(3)21-17(24)14-6-8-15(9-7-14)22-11-10-19-18(22)25-4/h6-13H,5H2,1-4H3,(H,20,23)(H,21,24). The Balaban J connectivity index is 2.02. The zero-order valence-electron chi connectivity index (χ0n) is 14.9. The number of benzene rings is 1. The SMILES string of the molecule is CCC(C)NC(=O)C(C)NC(=O)c1ccc(-n2ccnc2SC)cc1. The summed E-state index contributed by atoms with van der Waals surface area (Å²) in [5.74, 6) is -0.448. The van der Waals surface area contributed by atoms with Crippen molar-refractivity contribution in [3.8, 4) is 5.69 Å². The van der Waals surface area contributed by atoms with Gasteiger partial charge in [-0.25, -0.2) is 4.98 Å². The van der Waals surface area contributed by atoms with Crippen LogP contribution in [-0.2, 0) is 4.79 Å². The molecule has 0 spiro atoms. The molecule has 0 aliphatic heterocycles. The van der Waals surface area contributed by atoms with Crippen molar-refractivity contribution in [2.75, 3.05) is 6.26 Å². The average Bonchev–Trinajstić information content (AvgIpc) is 3.10. The molecule has 0 fully saturated rings. The Labute approximate surface area is 152 Å². The zero-order valence-corrected chi connectivity index (χ0v) is 15.8. The molecule has 0 radical (unpaired) electrons. The highest BCUT2D eigenvalue weighted by atomic mass is 32.2. The highest BCUT2D eigenvalue weighted by molar-refractivity contribution is 7.98. The minimum Gasteiger partial charge on any atom is -0.352 e. The fraction of sp³-hybridized carbons (Fsp3) is 0.389. The lowest BCUT2D eigenvalue weighted by molar-refractivity contribution is -0.123. The molecule has 1 heterocycles. The van der Waals surface area contributed by atoms with Crippen LogP contribution >= 0.6 is 11.8 Å². The highest BCUT2D eigenvalue weighted by Gasteiger charge is 2.17. The van der Waals surface area contributed by atoms with Gasteiger partial charge in [-0.2, -0.15) is 0 Å². The Morgan fingerprint density at radius 1 is 1.20 bits per heavy atom. The first-order chi connectivity index (χ1) is 12.0. The Bertz CT molecular complexity index is 727. The van der Waals surface area contributed by atoms with Crippen LogP contribution in [0.4, 0.5) is 0 Å². The van der Waals surface area contributed by atoms with Crippen LogP contribution in [0.3, 0.4) is 0 Å². The second-order valence-electron chi connectivity index (χ2n) is 5.84. The summed E-state index contributed by atoms with van der Waals surface area (Å²) in [6.07, 6.45) is 6.43. The number of nitrogens with one attached hydrogen (secondary N) is 2. The summed E-state index contributed by atoms with van der Waals surface area (Å²) in [6.45, 7) is 5.61. The van der Waals surface area contributed by atoms with Gasteiger partial charge in [-0.3, -0.25) is 14.2 Å². The molecule has 25 heavy (non-hydrogen) atoms. The molecule has 0 saturated heterocycles. The van der Waals surface area contributed by atoms with Gasteiger partial charge in [0, 0.05) is 29.7 Å². The van der Waals surface area contributed by atoms with Gasteiger partial charge in [0.1, 0.15) is 6.04 Å². The van der Waals surface area contributed by atoms with Gasteiger partial charge < -0.3 is 10.6 Å². The molecule has 134 valence electrons. The molecule has 2 amide bonds. The number of carbonyl (C=O) groups is 2. The van der Waals surface area contributed by atoms with E-state index >= 15 is 0 Å². The summed E-state index contributed by atoms with van der Waals surface area (Å²) >= 11 is 1.55. The number of aromatic nitrogens is 2. The lowest BCUT2D eigenvalue weighted by atomic mass is 10.1. The van der Waals surface area contributed by atoms with E-state index < -0.39 is 6.04 Å². The predicted octanol–water partition coefficient (Wildman–Crippen LogP) is 2.63. The molecule has 2 rings (SSSR count).